The molecule has 9 nitrogen and oxygen atoms in total. The summed E-state index contributed by atoms with van der Waals surface area (Å²) in [5.41, 5.74) is 1.59. The van der Waals surface area contributed by atoms with Gasteiger partial charge in [0, 0.05) is 24.4 Å². The Morgan fingerprint density at radius 2 is 1.90 bits per heavy atom. The lowest BCUT2D eigenvalue weighted by molar-refractivity contribution is -0.136. The first kappa shape index (κ1) is 21.6. The van der Waals surface area contributed by atoms with Gasteiger partial charge in [-0.1, -0.05) is 18.2 Å². The number of nitrogens with one attached hydrogen (secondary N) is 1. The van der Waals surface area contributed by atoms with E-state index in [2.05, 4.69) is 10.3 Å². The number of hydrogen-bond acceptors (Lipinski definition) is 7. The Morgan fingerprint density at radius 1 is 1.13 bits per heavy atom. The molecule has 0 aliphatic heterocycles. The van der Waals surface area contributed by atoms with Crippen molar-refractivity contribution >= 4 is 23.5 Å². The first-order valence-corrected chi connectivity index (χ1v) is 9.30. The second-order valence-corrected chi connectivity index (χ2v) is 6.55. The van der Waals surface area contributed by atoms with Gasteiger partial charge in [0.1, 0.15) is 5.75 Å². The first-order chi connectivity index (χ1) is 15.0. The zero-order chi connectivity index (χ0) is 22.2. The molecule has 31 heavy (non-hydrogen) atoms. The van der Waals surface area contributed by atoms with Crippen LogP contribution in [0.4, 0.5) is 5.69 Å². The van der Waals surface area contributed by atoms with Gasteiger partial charge < -0.3 is 24.1 Å². The number of amides is 2. The summed E-state index contributed by atoms with van der Waals surface area (Å²) in [5, 5.41) is 2.68. The Hall–Kier alpha value is -4.14. The highest BCUT2D eigenvalue weighted by Crippen LogP contribution is 2.19. The van der Waals surface area contributed by atoms with Crippen LogP contribution in [0.25, 0.3) is 11.3 Å². The van der Waals surface area contributed by atoms with Crippen LogP contribution in [0.3, 0.4) is 0 Å². The van der Waals surface area contributed by atoms with Gasteiger partial charge in [-0.15, -0.1) is 0 Å². The quantitative estimate of drug-likeness (QED) is 0.555. The molecular formula is C22H21N3O6. The summed E-state index contributed by atoms with van der Waals surface area (Å²) in [6.07, 6.45) is 2.88. The van der Waals surface area contributed by atoms with Crippen molar-refractivity contribution in [2.75, 3.05) is 32.6 Å². The van der Waals surface area contributed by atoms with Crippen LogP contribution in [0, 0.1) is 0 Å². The van der Waals surface area contributed by atoms with Crippen LogP contribution in [-0.4, -0.2) is 55.0 Å². The molecule has 1 N–H and O–H groups in total. The van der Waals surface area contributed by atoms with Crippen molar-refractivity contribution in [3.05, 3.63) is 66.7 Å². The number of anilines is 1. The third-order valence-electron chi connectivity index (χ3n) is 4.32. The maximum Gasteiger partial charge on any atom is 0.338 e. The molecule has 0 saturated carbocycles. The van der Waals surface area contributed by atoms with E-state index in [0.717, 1.165) is 5.56 Å². The van der Waals surface area contributed by atoms with Gasteiger partial charge in [0.15, 0.2) is 18.8 Å². The zero-order valence-corrected chi connectivity index (χ0v) is 17.0. The summed E-state index contributed by atoms with van der Waals surface area (Å²) in [6.45, 7) is -0.675. The van der Waals surface area contributed by atoms with Gasteiger partial charge in [0.25, 0.3) is 5.91 Å². The van der Waals surface area contributed by atoms with E-state index in [-0.39, 0.29) is 12.1 Å². The van der Waals surface area contributed by atoms with Crippen molar-refractivity contribution in [1.29, 1.82) is 0 Å². The molecule has 0 unspecified atom stereocenters. The fourth-order valence-corrected chi connectivity index (χ4v) is 2.65. The van der Waals surface area contributed by atoms with Gasteiger partial charge in [-0.3, -0.25) is 9.59 Å². The monoisotopic (exact) mass is 423 g/mol. The van der Waals surface area contributed by atoms with Crippen molar-refractivity contribution in [2.24, 2.45) is 0 Å². The van der Waals surface area contributed by atoms with E-state index in [4.69, 9.17) is 13.9 Å². The maximum atomic E-state index is 12.2. The largest absolute Gasteiger partial charge is 0.497 e. The molecule has 0 bridgehead atoms. The Balaban J connectivity index is 1.46. The number of nitrogens with zero attached hydrogens (tertiary/aromatic N) is 2. The molecule has 0 radical (unpaired) electrons. The number of rotatable bonds is 8. The Labute approximate surface area is 178 Å². The van der Waals surface area contributed by atoms with Crippen molar-refractivity contribution in [3.8, 4) is 17.1 Å². The second kappa shape index (κ2) is 10.1. The molecule has 9 heteroatoms. The van der Waals surface area contributed by atoms with E-state index in [1.807, 2.05) is 0 Å². The van der Waals surface area contributed by atoms with E-state index in [1.54, 1.807) is 54.7 Å². The first-order valence-electron chi connectivity index (χ1n) is 9.30. The molecule has 2 aromatic carbocycles. The summed E-state index contributed by atoms with van der Waals surface area (Å²) in [6, 6.07) is 13.4. The van der Waals surface area contributed by atoms with Crippen molar-refractivity contribution in [1.82, 2.24) is 9.88 Å². The molecule has 1 aromatic heterocycles. The van der Waals surface area contributed by atoms with Gasteiger partial charge in [0.2, 0.25) is 5.91 Å². The van der Waals surface area contributed by atoms with Crippen molar-refractivity contribution in [2.45, 2.75) is 0 Å². The lowest BCUT2D eigenvalue weighted by Gasteiger charge is -2.17. The smallest absolute Gasteiger partial charge is 0.338 e. The van der Waals surface area contributed by atoms with E-state index in [0.29, 0.717) is 17.2 Å². The third-order valence-corrected chi connectivity index (χ3v) is 4.32. The number of aromatic nitrogens is 1. The molecule has 3 rings (SSSR count). The number of carbonyl (C=O) groups is 3. The van der Waals surface area contributed by atoms with Crippen LogP contribution in [0.2, 0.25) is 0 Å². The number of hydrogen-bond donors (Lipinski definition) is 1. The van der Waals surface area contributed by atoms with Gasteiger partial charge in [-0.2, -0.15) is 0 Å². The number of benzene rings is 2. The lowest BCUT2D eigenvalue weighted by Crippen LogP contribution is -2.37. The minimum absolute atomic E-state index is 0.195. The van der Waals surface area contributed by atoms with E-state index >= 15 is 0 Å². The average molecular weight is 423 g/mol. The van der Waals surface area contributed by atoms with Gasteiger partial charge >= 0.3 is 5.97 Å². The van der Waals surface area contributed by atoms with Gasteiger partial charge in [0.05, 0.1) is 25.4 Å². The molecule has 3 aromatic rings. The molecule has 0 atom stereocenters. The van der Waals surface area contributed by atoms with Gasteiger partial charge in [-0.25, -0.2) is 9.78 Å². The van der Waals surface area contributed by atoms with Crippen LogP contribution in [0.5, 0.6) is 5.75 Å². The minimum Gasteiger partial charge on any atom is -0.497 e. The van der Waals surface area contributed by atoms with Crippen molar-refractivity contribution < 1.29 is 28.3 Å². The molecule has 0 fully saturated rings. The Morgan fingerprint density at radius 3 is 2.58 bits per heavy atom. The van der Waals surface area contributed by atoms with E-state index in [1.165, 1.54) is 25.5 Å². The Bertz CT molecular complexity index is 1050. The lowest BCUT2D eigenvalue weighted by atomic mass is 10.1. The SMILES string of the molecule is COc1cccc(NC(=O)CN(C)C(=O)COC(=O)c2ccc(-c3cnco3)cc2)c1. The van der Waals surface area contributed by atoms with E-state index in [9.17, 15) is 14.4 Å². The number of likely N-dealkylation sites (N-methyl/N-ethyl adjacent to an activating group) is 1. The predicted octanol–water partition coefficient (Wildman–Crippen LogP) is 2.60. The molecule has 2 amide bonds. The van der Waals surface area contributed by atoms with E-state index < -0.39 is 24.4 Å². The normalized spacial score (nSPS) is 10.3. The summed E-state index contributed by atoms with van der Waals surface area (Å²) < 4.78 is 15.3. The number of methoxy groups -OCH3 is 1. The fourth-order valence-electron chi connectivity index (χ4n) is 2.65. The standard InChI is InChI=1S/C22H21N3O6/c1-25(12-20(26)24-17-4-3-5-18(10-17)29-2)21(27)13-30-22(28)16-8-6-15(7-9-16)19-11-23-14-31-19/h3-11,14H,12-13H2,1-2H3,(H,24,26). The molecule has 160 valence electrons. The van der Waals surface area contributed by atoms with Gasteiger partial charge in [-0.05, 0) is 24.3 Å². The third kappa shape index (κ3) is 5.92. The topological polar surface area (TPSA) is 111 Å². The molecule has 0 aliphatic rings. The Kier molecular flexibility index (Phi) is 7.00. The molecule has 0 saturated heterocycles. The van der Waals surface area contributed by atoms with Crippen LogP contribution in [-0.2, 0) is 14.3 Å². The minimum atomic E-state index is -0.647. The maximum absolute atomic E-state index is 12.2. The molecule has 0 spiro atoms. The highest BCUT2D eigenvalue weighted by atomic mass is 16.5. The summed E-state index contributed by atoms with van der Waals surface area (Å²) >= 11 is 0. The van der Waals surface area contributed by atoms with Crippen LogP contribution in [0.1, 0.15) is 10.4 Å². The number of carbonyl (C=O) groups excluding carboxylic acids is 3. The summed E-state index contributed by atoms with van der Waals surface area (Å²) in [5.74, 6) is -0.371. The summed E-state index contributed by atoms with van der Waals surface area (Å²) in [4.78, 5) is 41.5. The average Bonchev–Trinajstić information content (AvgIpc) is 3.32. The fraction of sp³-hybridized carbons (Fsp3) is 0.182. The second-order valence-electron chi connectivity index (χ2n) is 6.55. The van der Waals surface area contributed by atoms with Crippen LogP contribution in [0.15, 0.2) is 65.5 Å². The number of ether oxygens (including phenoxy) is 2. The van der Waals surface area contributed by atoms with Crippen molar-refractivity contribution in [3.63, 3.8) is 0 Å². The summed E-state index contributed by atoms with van der Waals surface area (Å²) in [7, 11) is 2.98. The molecule has 1 heterocycles. The molecular weight excluding hydrogens is 402 g/mol. The highest BCUT2D eigenvalue weighted by molar-refractivity contribution is 5.95. The number of esters is 1. The highest BCUT2D eigenvalue weighted by Gasteiger charge is 2.16. The number of oxazole rings is 1. The van der Waals surface area contributed by atoms with Crippen LogP contribution >= 0.6 is 0 Å². The molecule has 0 aliphatic carbocycles. The zero-order valence-electron chi connectivity index (χ0n) is 17.0. The predicted molar refractivity (Wildman–Crippen MR) is 111 cm³/mol. The van der Waals surface area contributed by atoms with Crippen LogP contribution < -0.4 is 10.1 Å².